The molecule has 6 nitrogen and oxygen atoms in total. The third kappa shape index (κ3) is 5.91. The lowest BCUT2D eigenvalue weighted by atomic mass is 10.1. The van der Waals surface area contributed by atoms with Gasteiger partial charge in [-0.2, -0.15) is 0 Å². The van der Waals surface area contributed by atoms with Crippen LogP contribution in [-0.2, 0) is 9.53 Å². The predicted molar refractivity (Wildman–Crippen MR) is 82.1 cm³/mol. The Morgan fingerprint density at radius 3 is 2.57 bits per heavy atom. The molecule has 0 spiro atoms. The van der Waals surface area contributed by atoms with Crippen LogP contribution in [0.25, 0.3) is 0 Å². The first-order valence-electron chi connectivity index (χ1n) is 7.71. The van der Waals surface area contributed by atoms with E-state index in [1.807, 2.05) is 32.8 Å². The molecule has 0 aromatic heterocycles. The van der Waals surface area contributed by atoms with Crippen molar-refractivity contribution in [2.75, 3.05) is 33.7 Å². The third-order valence-electron chi connectivity index (χ3n) is 3.73. The standard InChI is InChI=1S/C15H29N3O3/c1-11(2)21-14(19)12(3)9-16-15(20)18-8-6-7-13(10-18)17(4)5/h11-13H,6-10H2,1-5H3,(H,16,20)/t12-,13-/m1/s1. The van der Waals surface area contributed by atoms with Gasteiger partial charge < -0.3 is 19.9 Å². The van der Waals surface area contributed by atoms with Crippen molar-refractivity contribution >= 4 is 12.0 Å². The van der Waals surface area contributed by atoms with Gasteiger partial charge in [-0.05, 0) is 40.8 Å². The van der Waals surface area contributed by atoms with Gasteiger partial charge in [0.15, 0.2) is 0 Å². The normalized spacial score (nSPS) is 20.5. The second-order valence-corrected chi connectivity index (χ2v) is 6.28. The van der Waals surface area contributed by atoms with E-state index in [-0.39, 0.29) is 24.0 Å². The Bertz CT molecular complexity index is 358. The largest absolute Gasteiger partial charge is 0.463 e. The van der Waals surface area contributed by atoms with E-state index in [0.717, 1.165) is 25.9 Å². The van der Waals surface area contributed by atoms with Crippen molar-refractivity contribution in [3.63, 3.8) is 0 Å². The van der Waals surface area contributed by atoms with Crippen LogP contribution in [0.2, 0.25) is 0 Å². The first-order chi connectivity index (χ1) is 9.81. The van der Waals surface area contributed by atoms with Gasteiger partial charge in [0.2, 0.25) is 0 Å². The third-order valence-corrected chi connectivity index (χ3v) is 3.73. The highest BCUT2D eigenvalue weighted by Gasteiger charge is 2.25. The number of rotatable bonds is 5. The number of likely N-dealkylation sites (N-methyl/N-ethyl adjacent to an activating group) is 1. The van der Waals surface area contributed by atoms with Gasteiger partial charge in [0.05, 0.1) is 12.0 Å². The monoisotopic (exact) mass is 299 g/mol. The highest BCUT2D eigenvalue weighted by molar-refractivity contribution is 5.76. The van der Waals surface area contributed by atoms with Gasteiger partial charge in [0, 0.05) is 25.7 Å². The van der Waals surface area contributed by atoms with Gasteiger partial charge in [-0.15, -0.1) is 0 Å². The van der Waals surface area contributed by atoms with E-state index in [1.54, 1.807) is 6.92 Å². The van der Waals surface area contributed by atoms with Crippen molar-refractivity contribution in [1.29, 1.82) is 0 Å². The Morgan fingerprint density at radius 1 is 1.33 bits per heavy atom. The van der Waals surface area contributed by atoms with Crippen LogP contribution in [0.5, 0.6) is 0 Å². The van der Waals surface area contributed by atoms with E-state index in [4.69, 9.17) is 4.74 Å². The average Bonchev–Trinajstić information content (AvgIpc) is 2.43. The minimum absolute atomic E-state index is 0.0919. The number of piperidine rings is 1. The molecule has 1 heterocycles. The lowest BCUT2D eigenvalue weighted by Gasteiger charge is -2.36. The lowest BCUT2D eigenvalue weighted by molar-refractivity contribution is -0.151. The van der Waals surface area contributed by atoms with Crippen LogP contribution in [0.3, 0.4) is 0 Å². The summed E-state index contributed by atoms with van der Waals surface area (Å²) in [5, 5.41) is 2.83. The van der Waals surface area contributed by atoms with Gasteiger partial charge in [-0.3, -0.25) is 4.79 Å². The number of nitrogens with zero attached hydrogens (tertiary/aromatic N) is 2. The maximum absolute atomic E-state index is 12.2. The quantitative estimate of drug-likeness (QED) is 0.778. The number of ether oxygens (including phenoxy) is 1. The van der Waals surface area contributed by atoms with Gasteiger partial charge in [0.25, 0.3) is 0 Å². The van der Waals surface area contributed by atoms with E-state index in [0.29, 0.717) is 12.6 Å². The second kappa shape index (κ2) is 8.22. The topological polar surface area (TPSA) is 61.9 Å². The van der Waals surface area contributed by atoms with E-state index in [1.165, 1.54) is 0 Å². The fraction of sp³-hybridized carbons (Fsp3) is 0.867. The zero-order valence-electron chi connectivity index (χ0n) is 13.9. The lowest BCUT2D eigenvalue weighted by Crippen LogP contribution is -2.51. The molecule has 122 valence electrons. The molecule has 0 aromatic carbocycles. The van der Waals surface area contributed by atoms with Gasteiger partial charge in [0.1, 0.15) is 0 Å². The molecule has 1 aliphatic rings. The Morgan fingerprint density at radius 2 is 2.00 bits per heavy atom. The van der Waals surface area contributed by atoms with Crippen molar-refractivity contribution < 1.29 is 14.3 Å². The number of carbonyl (C=O) groups is 2. The van der Waals surface area contributed by atoms with Crippen LogP contribution < -0.4 is 5.32 Å². The fourth-order valence-corrected chi connectivity index (χ4v) is 2.34. The number of urea groups is 1. The second-order valence-electron chi connectivity index (χ2n) is 6.28. The number of amides is 2. The molecule has 2 amide bonds. The first-order valence-corrected chi connectivity index (χ1v) is 7.71. The number of hydrogen-bond acceptors (Lipinski definition) is 4. The number of carbonyl (C=O) groups excluding carboxylic acids is 2. The molecule has 6 heteroatoms. The molecular weight excluding hydrogens is 270 g/mol. The average molecular weight is 299 g/mol. The summed E-state index contributed by atoms with van der Waals surface area (Å²) in [6.45, 7) is 7.23. The Kier molecular flexibility index (Phi) is 6.95. The Hall–Kier alpha value is -1.30. The van der Waals surface area contributed by atoms with Gasteiger partial charge in [-0.1, -0.05) is 6.92 Å². The van der Waals surface area contributed by atoms with E-state index in [9.17, 15) is 9.59 Å². The van der Waals surface area contributed by atoms with Crippen LogP contribution >= 0.6 is 0 Å². The van der Waals surface area contributed by atoms with Crippen molar-refractivity contribution in [2.24, 2.45) is 5.92 Å². The molecule has 0 radical (unpaired) electrons. The van der Waals surface area contributed by atoms with E-state index in [2.05, 4.69) is 10.2 Å². The summed E-state index contributed by atoms with van der Waals surface area (Å²) in [4.78, 5) is 27.8. The predicted octanol–water partition coefficient (Wildman–Crippen LogP) is 1.31. The Labute approximate surface area is 127 Å². The summed E-state index contributed by atoms with van der Waals surface area (Å²) >= 11 is 0. The van der Waals surface area contributed by atoms with Crippen LogP contribution in [-0.4, -0.2) is 67.7 Å². The zero-order chi connectivity index (χ0) is 16.0. The van der Waals surface area contributed by atoms with Crippen molar-refractivity contribution in [3.8, 4) is 0 Å². The molecule has 1 aliphatic heterocycles. The van der Waals surface area contributed by atoms with Crippen LogP contribution in [0.1, 0.15) is 33.6 Å². The number of likely N-dealkylation sites (tertiary alicyclic amines) is 1. The molecule has 1 rings (SSSR count). The maximum atomic E-state index is 12.2. The number of esters is 1. The summed E-state index contributed by atoms with van der Waals surface area (Å²) in [5.41, 5.74) is 0. The van der Waals surface area contributed by atoms with E-state index < -0.39 is 0 Å². The molecule has 1 fully saturated rings. The molecule has 2 atom stereocenters. The van der Waals surface area contributed by atoms with Crippen LogP contribution in [0, 0.1) is 5.92 Å². The number of nitrogens with one attached hydrogen (secondary N) is 1. The van der Waals surface area contributed by atoms with Crippen LogP contribution in [0.4, 0.5) is 4.79 Å². The van der Waals surface area contributed by atoms with Crippen molar-refractivity contribution in [2.45, 2.75) is 45.8 Å². The van der Waals surface area contributed by atoms with Crippen molar-refractivity contribution in [3.05, 3.63) is 0 Å². The summed E-state index contributed by atoms with van der Waals surface area (Å²) in [5.74, 6) is -0.596. The van der Waals surface area contributed by atoms with Crippen molar-refractivity contribution in [1.82, 2.24) is 15.1 Å². The van der Waals surface area contributed by atoms with Gasteiger partial charge in [-0.25, -0.2) is 4.79 Å². The molecule has 0 unspecified atom stereocenters. The SMILES string of the molecule is CC(C)OC(=O)[C@H](C)CNC(=O)N1CCC[C@@H](N(C)C)C1. The molecule has 1 saturated heterocycles. The summed E-state index contributed by atoms with van der Waals surface area (Å²) < 4.78 is 5.13. The smallest absolute Gasteiger partial charge is 0.317 e. The summed E-state index contributed by atoms with van der Waals surface area (Å²) in [7, 11) is 4.08. The molecular formula is C15H29N3O3. The zero-order valence-corrected chi connectivity index (χ0v) is 13.9. The molecule has 1 N–H and O–H groups in total. The summed E-state index contributed by atoms with van der Waals surface area (Å²) in [6, 6.07) is 0.318. The molecule has 0 aliphatic carbocycles. The van der Waals surface area contributed by atoms with E-state index >= 15 is 0 Å². The minimum Gasteiger partial charge on any atom is -0.463 e. The molecule has 21 heavy (non-hydrogen) atoms. The highest BCUT2D eigenvalue weighted by atomic mass is 16.5. The Balaban J connectivity index is 2.37. The summed E-state index contributed by atoms with van der Waals surface area (Å²) in [6.07, 6.45) is 2.01. The van der Waals surface area contributed by atoms with Gasteiger partial charge >= 0.3 is 12.0 Å². The highest BCUT2D eigenvalue weighted by Crippen LogP contribution is 2.13. The maximum Gasteiger partial charge on any atom is 0.317 e. The number of hydrogen-bond donors (Lipinski definition) is 1. The van der Waals surface area contributed by atoms with Crippen LogP contribution in [0.15, 0.2) is 0 Å². The first kappa shape index (κ1) is 17.8. The fourth-order valence-electron chi connectivity index (χ4n) is 2.34. The molecule has 0 saturated carbocycles. The molecule has 0 bridgehead atoms. The minimum atomic E-state index is -0.328. The molecule has 0 aromatic rings.